The van der Waals surface area contributed by atoms with E-state index in [1.807, 2.05) is 0 Å². The Morgan fingerprint density at radius 3 is 2.48 bits per heavy atom. The van der Waals surface area contributed by atoms with E-state index >= 15 is 0 Å². The number of amides is 2. The van der Waals surface area contributed by atoms with E-state index in [9.17, 15) is 24.3 Å². The topological polar surface area (TPSA) is 149 Å². The molecule has 2 aliphatic carbocycles. The van der Waals surface area contributed by atoms with Crippen molar-refractivity contribution in [3.8, 4) is 5.88 Å². The highest BCUT2D eigenvalue weighted by atomic mass is 32.2. The number of ether oxygens (including phenoxy) is 1. The Morgan fingerprint density at radius 2 is 1.97 bits per heavy atom. The van der Waals surface area contributed by atoms with Crippen molar-refractivity contribution in [2.45, 2.75) is 49.7 Å². The molecule has 1 aromatic heterocycles. The fraction of sp³-hybridized carbons (Fsp3) is 0.526. The van der Waals surface area contributed by atoms with Gasteiger partial charge in [0.1, 0.15) is 5.69 Å². The zero-order chi connectivity index (χ0) is 20.8. The van der Waals surface area contributed by atoms with Gasteiger partial charge in [-0.25, -0.2) is 4.98 Å². The maximum Gasteiger partial charge on any atom is 0.271 e. The van der Waals surface area contributed by atoms with Crippen LogP contribution < -0.4 is 15.8 Å². The molecule has 29 heavy (non-hydrogen) atoms. The monoisotopic (exact) mass is 419 g/mol. The summed E-state index contributed by atoms with van der Waals surface area (Å²) in [5.41, 5.74) is 2.62. The average molecular weight is 419 g/mol. The molecule has 1 aliphatic heterocycles. The summed E-state index contributed by atoms with van der Waals surface area (Å²) in [4.78, 5) is 52.3. The van der Waals surface area contributed by atoms with Crippen molar-refractivity contribution in [2.75, 3.05) is 6.61 Å². The van der Waals surface area contributed by atoms with Gasteiger partial charge in [-0.3, -0.25) is 19.2 Å². The van der Waals surface area contributed by atoms with Crippen LogP contribution in [0.1, 0.15) is 54.6 Å². The predicted molar refractivity (Wildman–Crippen MR) is 102 cm³/mol. The van der Waals surface area contributed by atoms with Gasteiger partial charge in [-0.1, -0.05) is 0 Å². The van der Waals surface area contributed by atoms with Crippen molar-refractivity contribution >= 4 is 33.8 Å². The number of aliphatic hydroxyl groups is 1. The van der Waals surface area contributed by atoms with E-state index < -0.39 is 39.6 Å². The molecule has 4 rings (SSSR count). The zero-order valence-electron chi connectivity index (χ0n) is 15.6. The summed E-state index contributed by atoms with van der Waals surface area (Å²) in [6, 6.07) is 2.99. The highest BCUT2D eigenvalue weighted by molar-refractivity contribution is 8.30. The number of rotatable bonds is 8. The first kappa shape index (κ1) is 19.8. The zero-order valence-corrected chi connectivity index (χ0v) is 16.4. The first-order valence-electron chi connectivity index (χ1n) is 9.48. The van der Waals surface area contributed by atoms with E-state index in [2.05, 4.69) is 10.3 Å². The maximum atomic E-state index is 12.7. The Labute approximate surface area is 170 Å². The molecule has 10 heteroatoms. The number of pyridine rings is 1. The molecule has 2 amide bonds. The Hall–Kier alpha value is -2.46. The van der Waals surface area contributed by atoms with Crippen LogP contribution in [0.25, 0.3) is 0 Å². The van der Waals surface area contributed by atoms with E-state index in [-0.39, 0.29) is 11.6 Å². The minimum absolute atomic E-state index is 0.0798. The Bertz CT molecular complexity index is 895. The van der Waals surface area contributed by atoms with Crippen LogP contribution in [0.4, 0.5) is 0 Å². The molecular formula is C19H21N3O6S. The summed E-state index contributed by atoms with van der Waals surface area (Å²) in [6.45, 7) is 0.445. The highest BCUT2D eigenvalue weighted by Crippen LogP contribution is 2.45. The molecule has 0 aromatic carbocycles. The molecule has 3 aliphatic rings. The molecular weight excluding hydrogens is 398 g/mol. The number of hydrogen-bond acceptors (Lipinski definition) is 8. The number of nitrogens with two attached hydrogens (primary N) is 1. The third-order valence-corrected chi connectivity index (χ3v) is 6.64. The fourth-order valence-corrected chi connectivity index (χ4v) is 4.19. The van der Waals surface area contributed by atoms with E-state index in [4.69, 9.17) is 10.5 Å². The molecule has 9 nitrogen and oxygen atoms in total. The van der Waals surface area contributed by atoms with Gasteiger partial charge in [0.05, 0.1) is 18.6 Å². The van der Waals surface area contributed by atoms with Gasteiger partial charge in [0.15, 0.2) is 5.54 Å². The summed E-state index contributed by atoms with van der Waals surface area (Å²) in [7, 11) is 0. The van der Waals surface area contributed by atoms with Crippen LogP contribution in [0.2, 0.25) is 0 Å². The predicted octanol–water partition coefficient (Wildman–Crippen LogP) is 0.386. The molecule has 4 N–H and O–H groups in total. The van der Waals surface area contributed by atoms with Gasteiger partial charge >= 0.3 is 0 Å². The van der Waals surface area contributed by atoms with Crippen molar-refractivity contribution in [3.63, 3.8) is 0 Å². The van der Waals surface area contributed by atoms with Crippen LogP contribution >= 0.6 is 11.8 Å². The second-order valence-corrected chi connectivity index (χ2v) is 8.81. The summed E-state index contributed by atoms with van der Waals surface area (Å²) >= 11 is 0.429. The lowest BCUT2D eigenvalue weighted by Gasteiger charge is -2.38. The second kappa shape index (κ2) is 7.10. The minimum Gasteiger partial charge on any atom is -0.477 e. The molecule has 0 bridgehead atoms. The third-order valence-electron chi connectivity index (χ3n) is 5.58. The van der Waals surface area contributed by atoms with Gasteiger partial charge in [0.25, 0.3) is 5.91 Å². The average Bonchev–Trinajstić information content (AvgIpc) is 3.48. The summed E-state index contributed by atoms with van der Waals surface area (Å²) in [5.74, 6) is -1.05. The van der Waals surface area contributed by atoms with Crippen molar-refractivity contribution < 1.29 is 29.0 Å². The standard InChI is InChI=1S/C19H21N3O6S/c20-13(23)8-19(16(25)29-17(19)26)22-14(24)12-5-4-11(18(27)6-1-7-18)15(21-12)28-9-10-2-3-10/h4-5,10,27H,1-3,6-9H2,(H2,20,23)(H,22,24). The van der Waals surface area contributed by atoms with Gasteiger partial charge in [0, 0.05) is 5.56 Å². The van der Waals surface area contributed by atoms with E-state index in [1.165, 1.54) is 6.07 Å². The van der Waals surface area contributed by atoms with Gasteiger partial charge in [-0.15, -0.1) is 0 Å². The third kappa shape index (κ3) is 3.62. The smallest absolute Gasteiger partial charge is 0.271 e. The molecule has 1 aromatic rings. The molecule has 2 heterocycles. The van der Waals surface area contributed by atoms with Crippen molar-refractivity contribution in [2.24, 2.45) is 11.7 Å². The van der Waals surface area contributed by atoms with Crippen LogP contribution in [-0.4, -0.2) is 44.3 Å². The maximum absolute atomic E-state index is 12.7. The van der Waals surface area contributed by atoms with Crippen molar-refractivity contribution in [3.05, 3.63) is 23.4 Å². The molecule has 0 atom stereocenters. The lowest BCUT2D eigenvalue weighted by molar-refractivity contribution is -0.134. The number of carbonyl (C=O) groups excluding carboxylic acids is 4. The summed E-state index contributed by atoms with van der Waals surface area (Å²) < 4.78 is 5.79. The lowest BCUT2D eigenvalue weighted by atomic mass is 9.75. The van der Waals surface area contributed by atoms with Gasteiger partial charge in [-0.05, 0) is 61.9 Å². The fourth-order valence-electron chi connectivity index (χ4n) is 3.40. The number of carbonyl (C=O) groups is 4. The SMILES string of the molecule is NC(=O)CC1(NC(=O)c2ccc(C3(O)CCC3)c(OCC3CC3)n2)C(=O)SC1=O. The largest absolute Gasteiger partial charge is 0.477 e. The number of nitrogens with one attached hydrogen (secondary N) is 1. The van der Waals surface area contributed by atoms with Crippen LogP contribution in [0, 0.1) is 5.92 Å². The molecule has 3 fully saturated rings. The van der Waals surface area contributed by atoms with Crippen LogP contribution in [0.3, 0.4) is 0 Å². The Morgan fingerprint density at radius 1 is 1.28 bits per heavy atom. The van der Waals surface area contributed by atoms with Crippen LogP contribution in [0.5, 0.6) is 5.88 Å². The second-order valence-electron chi connectivity index (χ2n) is 7.87. The molecule has 2 saturated carbocycles. The van der Waals surface area contributed by atoms with E-state index in [0.29, 0.717) is 42.7 Å². The summed E-state index contributed by atoms with van der Waals surface area (Å²) in [5, 5.41) is 11.8. The number of aromatic nitrogens is 1. The summed E-state index contributed by atoms with van der Waals surface area (Å²) in [6.07, 6.45) is 3.59. The number of primary amides is 1. The molecule has 1 saturated heterocycles. The molecule has 0 spiro atoms. The van der Waals surface area contributed by atoms with Gasteiger partial charge < -0.3 is 20.9 Å². The number of hydrogen-bond donors (Lipinski definition) is 3. The molecule has 0 unspecified atom stereocenters. The molecule has 154 valence electrons. The van der Waals surface area contributed by atoms with E-state index in [1.54, 1.807) is 6.07 Å². The van der Waals surface area contributed by atoms with Crippen molar-refractivity contribution in [1.82, 2.24) is 10.3 Å². The number of nitrogens with zero attached hydrogens (tertiary/aromatic N) is 1. The van der Waals surface area contributed by atoms with Gasteiger partial charge in [-0.2, -0.15) is 0 Å². The quantitative estimate of drug-likeness (QED) is 0.512. The van der Waals surface area contributed by atoms with E-state index in [0.717, 1.165) is 19.3 Å². The minimum atomic E-state index is -1.95. The van der Waals surface area contributed by atoms with Crippen LogP contribution in [0.15, 0.2) is 12.1 Å². The Balaban J connectivity index is 1.59. The molecule has 0 radical (unpaired) electrons. The van der Waals surface area contributed by atoms with Crippen molar-refractivity contribution in [1.29, 1.82) is 0 Å². The highest BCUT2D eigenvalue weighted by Gasteiger charge is 2.58. The first-order chi connectivity index (χ1) is 13.7. The normalized spacial score (nSPS) is 21.7. The van der Waals surface area contributed by atoms with Gasteiger partial charge in [0.2, 0.25) is 22.0 Å². The Kier molecular flexibility index (Phi) is 4.86. The van der Waals surface area contributed by atoms with Crippen LogP contribution in [-0.2, 0) is 20.0 Å². The number of thioether (sulfide) groups is 1. The lowest BCUT2D eigenvalue weighted by Crippen LogP contribution is -2.66. The first-order valence-corrected chi connectivity index (χ1v) is 10.3.